The Morgan fingerprint density at radius 1 is 0.923 bits per heavy atom. The van der Waals surface area contributed by atoms with Crippen LogP contribution in [0.25, 0.3) is 0 Å². The van der Waals surface area contributed by atoms with E-state index in [-0.39, 0.29) is 6.79 Å². The van der Waals surface area contributed by atoms with Crippen molar-refractivity contribution >= 4 is 23.4 Å². The Balaban J connectivity index is 1.35. The fourth-order valence-corrected chi connectivity index (χ4v) is 2.62. The molecule has 1 aromatic heterocycles. The van der Waals surface area contributed by atoms with Crippen LogP contribution in [0.2, 0.25) is 5.02 Å². The zero-order chi connectivity index (χ0) is 17.8. The van der Waals surface area contributed by atoms with Gasteiger partial charge in [-0.25, -0.2) is 0 Å². The minimum atomic E-state index is 0.269. The van der Waals surface area contributed by atoms with Crippen LogP contribution in [0.5, 0.6) is 11.5 Å². The van der Waals surface area contributed by atoms with Gasteiger partial charge in [-0.1, -0.05) is 29.8 Å². The smallest absolute Gasteiger partial charge is 0.244 e. The van der Waals surface area contributed by atoms with Crippen molar-refractivity contribution in [2.45, 2.75) is 13.1 Å². The van der Waals surface area contributed by atoms with Crippen LogP contribution in [0.4, 0.5) is 11.8 Å². The third-order valence-electron chi connectivity index (χ3n) is 3.83. The highest BCUT2D eigenvalue weighted by Crippen LogP contribution is 2.32. The van der Waals surface area contributed by atoms with Gasteiger partial charge in [0, 0.05) is 18.1 Å². The van der Waals surface area contributed by atoms with E-state index in [1.165, 1.54) is 0 Å². The first kappa shape index (κ1) is 16.4. The molecular formula is C18H16ClN5O2. The van der Waals surface area contributed by atoms with Gasteiger partial charge in [-0.15, -0.1) is 5.10 Å². The number of nitrogens with zero attached hydrogens (tertiary/aromatic N) is 3. The summed E-state index contributed by atoms with van der Waals surface area (Å²) < 4.78 is 10.7. The molecule has 0 bridgehead atoms. The van der Waals surface area contributed by atoms with E-state index in [1.54, 1.807) is 6.20 Å². The molecule has 0 aliphatic carbocycles. The SMILES string of the molecule is Clc1ccc(CNc2nncc(NCc3ccc4c(c3)OCO4)n2)cc1. The second kappa shape index (κ2) is 7.45. The summed E-state index contributed by atoms with van der Waals surface area (Å²) in [5.74, 6) is 2.62. The average molecular weight is 370 g/mol. The lowest BCUT2D eigenvalue weighted by Crippen LogP contribution is -2.08. The molecule has 0 amide bonds. The molecule has 0 fully saturated rings. The lowest BCUT2D eigenvalue weighted by Gasteiger charge is -2.08. The molecule has 8 heteroatoms. The van der Waals surface area contributed by atoms with E-state index in [4.69, 9.17) is 21.1 Å². The summed E-state index contributed by atoms with van der Waals surface area (Å²) in [4.78, 5) is 4.42. The first-order chi connectivity index (χ1) is 12.8. The number of hydrogen-bond acceptors (Lipinski definition) is 7. The molecule has 7 nitrogen and oxygen atoms in total. The minimum absolute atomic E-state index is 0.269. The van der Waals surface area contributed by atoms with E-state index in [9.17, 15) is 0 Å². The van der Waals surface area contributed by atoms with Crippen molar-refractivity contribution in [1.82, 2.24) is 15.2 Å². The van der Waals surface area contributed by atoms with Crippen LogP contribution in [-0.2, 0) is 13.1 Å². The van der Waals surface area contributed by atoms with Crippen molar-refractivity contribution in [2.24, 2.45) is 0 Å². The topological polar surface area (TPSA) is 81.2 Å². The number of ether oxygens (including phenoxy) is 2. The van der Waals surface area contributed by atoms with Gasteiger partial charge in [0.1, 0.15) is 0 Å². The van der Waals surface area contributed by atoms with E-state index in [1.807, 2.05) is 42.5 Å². The summed E-state index contributed by atoms with van der Waals surface area (Å²) in [6, 6.07) is 13.4. The van der Waals surface area contributed by atoms with Crippen molar-refractivity contribution in [2.75, 3.05) is 17.4 Å². The Bertz CT molecular complexity index is 904. The number of rotatable bonds is 6. The molecule has 26 heavy (non-hydrogen) atoms. The molecule has 0 radical (unpaired) electrons. The van der Waals surface area contributed by atoms with Crippen molar-refractivity contribution < 1.29 is 9.47 Å². The molecule has 132 valence electrons. The molecule has 2 heterocycles. The van der Waals surface area contributed by atoms with Crippen LogP contribution in [0.15, 0.2) is 48.7 Å². The summed E-state index contributed by atoms with van der Waals surface area (Å²) in [6.45, 7) is 1.45. The Morgan fingerprint density at radius 3 is 2.58 bits per heavy atom. The van der Waals surface area contributed by atoms with Gasteiger partial charge in [0.05, 0.1) is 6.20 Å². The average Bonchev–Trinajstić information content (AvgIpc) is 3.14. The van der Waals surface area contributed by atoms with E-state index < -0.39 is 0 Å². The van der Waals surface area contributed by atoms with Gasteiger partial charge in [-0.2, -0.15) is 10.1 Å². The lowest BCUT2D eigenvalue weighted by atomic mass is 10.2. The summed E-state index contributed by atoms with van der Waals surface area (Å²) in [5.41, 5.74) is 2.14. The molecule has 0 saturated carbocycles. The fraction of sp³-hybridized carbons (Fsp3) is 0.167. The van der Waals surface area contributed by atoms with E-state index in [0.717, 1.165) is 22.6 Å². The zero-order valence-corrected chi connectivity index (χ0v) is 14.5. The second-order valence-corrected chi connectivity index (χ2v) is 6.12. The Hall–Kier alpha value is -3.06. The number of aromatic nitrogens is 3. The maximum atomic E-state index is 5.89. The quantitative estimate of drug-likeness (QED) is 0.688. The Labute approximate surface area is 155 Å². The van der Waals surface area contributed by atoms with Crippen LogP contribution in [0, 0.1) is 0 Å². The monoisotopic (exact) mass is 369 g/mol. The maximum absolute atomic E-state index is 5.89. The first-order valence-corrected chi connectivity index (χ1v) is 8.44. The second-order valence-electron chi connectivity index (χ2n) is 5.69. The molecule has 3 aromatic rings. The van der Waals surface area contributed by atoms with Crippen LogP contribution < -0.4 is 20.1 Å². The van der Waals surface area contributed by atoms with Crippen molar-refractivity contribution in [1.29, 1.82) is 0 Å². The van der Waals surface area contributed by atoms with Gasteiger partial charge in [0.15, 0.2) is 17.3 Å². The normalized spacial score (nSPS) is 12.0. The third-order valence-corrected chi connectivity index (χ3v) is 4.09. The van der Waals surface area contributed by atoms with E-state index in [0.29, 0.717) is 29.9 Å². The van der Waals surface area contributed by atoms with Gasteiger partial charge in [-0.3, -0.25) is 0 Å². The molecule has 0 saturated heterocycles. The number of fused-ring (bicyclic) bond motifs is 1. The van der Waals surface area contributed by atoms with Crippen molar-refractivity contribution in [3.05, 3.63) is 64.8 Å². The lowest BCUT2D eigenvalue weighted by molar-refractivity contribution is 0.174. The minimum Gasteiger partial charge on any atom is -0.454 e. The maximum Gasteiger partial charge on any atom is 0.244 e. The molecule has 1 aliphatic heterocycles. The predicted octanol–water partition coefficient (Wildman–Crippen LogP) is 3.48. The highest BCUT2D eigenvalue weighted by Gasteiger charge is 2.13. The zero-order valence-electron chi connectivity index (χ0n) is 13.8. The first-order valence-electron chi connectivity index (χ1n) is 8.07. The molecule has 4 rings (SSSR count). The largest absolute Gasteiger partial charge is 0.454 e. The summed E-state index contributed by atoms with van der Waals surface area (Å²) >= 11 is 5.89. The van der Waals surface area contributed by atoms with Crippen molar-refractivity contribution in [3.8, 4) is 11.5 Å². The number of halogens is 1. The van der Waals surface area contributed by atoms with Crippen LogP contribution >= 0.6 is 11.6 Å². The van der Waals surface area contributed by atoms with Crippen molar-refractivity contribution in [3.63, 3.8) is 0 Å². The molecule has 2 aromatic carbocycles. The van der Waals surface area contributed by atoms with E-state index in [2.05, 4.69) is 25.8 Å². The van der Waals surface area contributed by atoms with Gasteiger partial charge in [0.2, 0.25) is 12.7 Å². The predicted molar refractivity (Wildman–Crippen MR) is 98.5 cm³/mol. The number of anilines is 2. The summed E-state index contributed by atoms with van der Waals surface area (Å²) in [7, 11) is 0. The standard InChI is InChI=1S/C18H16ClN5O2/c19-14-4-1-12(2-5-14)8-21-18-23-17(10-22-24-18)20-9-13-3-6-15-16(7-13)26-11-25-15/h1-7,10H,8-9,11H2,(H2,20,21,23,24). The van der Waals surface area contributed by atoms with Gasteiger partial charge in [-0.05, 0) is 35.4 Å². The molecule has 2 N–H and O–H groups in total. The van der Waals surface area contributed by atoms with Gasteiger partial charge >= 0.3 is 0 Å². The van der Waals surface area contributed by atoms with Gasteiger partial charge in [0.25, 0.3) is 0 Å². The molecular weight excluding hydrogens is 354 g/mol. The molecule has 0 unspecified atom stereocenters. The molecule has 1 aliphatic rings. The summed E-state index contributed by atoms with van der Waals surface area (Å²) in [5, 5.41) is 15.1. The highest BCUT2D eigenvalue weighted by molar-refractivity contribution is 6.30. The summed E-state index contributed by atoms with van der Waals surface area (Å²) in [6.07, 6.45) is 1.58. The highest BCUT2D eigenvalue weighted by atomic mass is 35.5. The Morgan fingerprint density at radius 2 is 1.69 bits per heavy atom. The van der Waals surface area contributed by atoms with Crippen LogP contribution in [-0.4, -0.2) is 22.0 Å². The van der Waals surface area contributed by atoms with Gasteiger partial charge < -0.3 is 20.1 Å². The number of benzene rings is 2. The Kier molecular flexibility index (Phi) is 4.70. The molecule has 0 spiro atoms. The van der Waals surface area contributed by atoms with E-state index >= 15 is 0 Å². The number of nitrogens with one attached hydrogen (secondary N) is 2. The van der Waals surface area contributed by atoms with Crippen LogP contribution in [0.1, 0.15) is 11.1 Å². The third kappa shape index (κ3) is 3.94. The van der Waals surface area contributed by atoms with Crippen LogP contribution in [0.3, 0.4) is 0 Å². The molecule has 0 atom stereocenters. The fourth-order valence-electron chi connectivity index (χ4n) is 2.49. The number of hydrogen-bond donors (Lipinski definition) is 2.